The van der Waals surface area contributed by atoms with Gasteiger partial charge in [0.05, 0.1) is 7.11 Å². The summed E-state index contributed by atoms with van der Waals surface area (Å²) < 4.78 is 7.63. The second kappa shape index (κ2) is 3.31. The summed E-state index contributed by atoms with van der Waals surface area (Å²) in [5, 5.41) is 2.24. The van der Waals surface area contributed by atoms with Gasteiger partial charge in [-0.3, -0.25) is 0 Å². The Morgan fingerprint density at radius 2 is 2.15 bits per heavy atom. The van der Waals surface area contributed by atoms with Crippen LogP contribution in [-0.2, 0) is 0 Å². The van der Waals surface area contributed by atoms with Crippen LogP contribution in [0.15, 0.2) is 22.7 Å². The molecule has 13 heavy (non-hydrogen) atoms. The van der Waals surface area contributed by atoms with E-state index in [4.69, 9.17) is 4.74 Å². The van der Waals surface area contributed by atoms with E-state index in [0.717, 1.165) is 9.54 Å². The van der Waals surface area contributed by atoms with Crippen LogP contribution in [0, 0.1) is 6.92 Å². The third kappa shape index (κ3) is 1.46. The molecule has 0 aliphatic heterocycles. The molecule has 0 atom stereocenters. The normalized spacial score (nSPS) is 10.7. The minimum Gasteiger partial charge on any atom is -0.487 e. The number of fused-ring (bicyclic) bond motifs is 1. The molecule has 1 heterocycles. The number of halogens is 1. The Balaban J connectivity index is 2.76. The Kier molecular flexibility index (Phi) is 2.30. The van der Waals surface area contributed by atoms with Gasteiger partial charge in [-0.05, 0) is 30.7 Å². The minimum atomic E-state index is 0.969. The van der Waals surface area contributed by atoms with Crippen molar-refractivity contribution in [3.05, 3.63) is 28.2 Å². The molecule has 0 N–H and O–H groups in total. The Morgan fingerprint density at radius 3 is 2.85 bits per heavy atom. The summed E-state index contributed by atoms with van der Waals surface area (Å²) in [6.45, 7) is 2.11. The van der Waals surface area contributed by atoms with Crippen LogP contribution in [0.2, 0.25) is 0 Å². The van der Waals surface area contributed by atoms with E-state index in [2.05, 4.69) is 41.1 Å². The molecule has 0 fully saturated rings. The van der Waals surface area contributed by atoms with Gasteiger partial charge in [-0.1, -0.05) is 27.3 Å². The first-order chi connectivity index (χ1) is 6.22. The van der Waals surface area contributed by atoms with E-state index in [0.29, 0.717) is 0 Å². The summed E-state index contributed by atoms with van der Waals surface area (Å²) in [4.78, 5) is 0. The molecular formula is C10H9BrOS. The van der Waals surface area contributed by atoms with Crippen molar-refractivity contribution in [1.29, 1.82) is 0 Å². The van der Waals surface area contributed by atoms with E-state index in [1.54, 1.807) is 18.4 Å². The second-order valence-corrected chi connectivity index (χ2v) is 4.75. The third-order valence-corrected chi connectivity index (χ3v) is 4.00. The highest BCUT2D eigenvalue weighted by Crippen LogP contribution is 2.35. The van der Waals surface area contributed by atoms with Gasteiger partial charge in [-0.15, -0.1) is 0 Å². The number of aryl methyl sites for hydroxylation is 1. The maximum atomic E-state index is 5.20. The average Bonchev–Trinajstić information content (AvgIpc) is 2.55. The number of ether oxygens (including phenoxy) is 1. The molecule has 0 saturated heterocycles. The van der Waals surface area contributed by atoms with Gasteiger partial charge in [0.15, 0.2) is 5.06 Å². The van der Waals surface area contributed by atoms with Crippen molar-refractivity contribution in [2.45, 2.75) is 6.92 Å². The van der Waals surface area contributed by atoms with Crippen molar-refractivity contribution in [3.8, 4) is 5.06 Å². The first kappa shape index (κ1) is 9.03. The fraction of sp³-hybridized carbons (Fsp3) is 0.200. The van der Waals surface area contributed by atoms with Crippen LogP contribution in [0.25, 0.3) is 10.1 Å². The Labute approximate surface area is 89.5 Å². The van der Waals surface area contributed by atoms with Crippen LogP contribution in [0.3, 0.4) is 0 Å². The van der Waals surface area contributed by atoms with Crippen LogP contribution < -0.4 is 4.74 Å². The molecule has 0 saturated carbocycles. The zero-order valence-corrected chi connectivity index (χ0v) is 9.83. The third-order valence-electron chi connectivity index (χ3n) is 2.08. The SMILES string of the molecule is COc1cc2c(C)c(Br)ccc2s1. The van der Waals surface area contributed by atoms with E-state index in [1.807, 2.05) is 0 Å². The van der Waals surface area contributed by atoms with Gasteiger partial charge < -0.3 is 4.74 Å². The molecule has 0 amide bonds. The smallest absolute Gasteiger partial charge is 0.174 e. The number of hydrogen-bond donors (Lipinski definition) is 0. The molecule has 68 valence electrons. The number of thiophene rings is 1. The molecule has 3 heteroatoms. The van der Waals surface area contributed by atoms with Crippen LogP contribution in [0.4, 0.5) is 0 Å². The van der Waals surface area contributed by atoms with Crippen molar-refractivity contribution in [2.24, 2.45) is 0 Å². The lowest BCUT2D eigenvalue weighted by Gasteiger charge is -1.97. The molecule has 2 rings (SSSR count). The predicted octanol–water partition coefficient (Wildman–Crippen LogP) is 3.98. The summed E-state index contributed by atoms with van der Waals surface area (Å²) in [7, 11) is 1.70. The van der Waals surface area contributed by atoms with Gasteiger partial charge in [0.25, 0.3) is 0 Å². The van der Waals surface area contributed by atoms with E-state index in [-0.39, 0.29) is 0 Å². The molecule has 0 spiro atoms. The van der Waals surface area contributed by atoms with Gasteiger partial charge >= 0.3 is 0 Å². The highest BCUT2D eigenvalue weighted by atomic mass is 79.9. The van der Waals surface area contributed by atoms with Crippen LogP contribution in [-0.4, -0.2) is 7.11 Å². The van der Waals surface area contributed by atoms with Gasteiger partial charge in [0.1, 0.15) is 0 Å². The Hall–Kier alpha value is -0.540. The van der Waals surface area contributed by atoms with E-state index < -0.39 is 0 Å². The van der Waals surface area contributed by atoms with Gasteiger partial charge in [0.2, 0.25) is 0 Å². The highest BCUT2D eigenvalue weighted by molar-refractivity contribution is 9.10. The van der Waals surface area contributed by atoms with E-state index >= 15 is 0 Å². The maximum Gasteiger partial charge on any atom is 0.174 e. The fourth-order valence-corrected chi connectivity index (χ4v) is 2.58. The van der Waals surface area contributed by atoms with Crippen molar-refractivity contribution in [1.82, 2.24) is 0 Å². The quantitative estimate of drug-likeness (QED) is 0.750. The minimum absolute atomic E-state index is 0.969. The van der Waals surface area contributed by atoms with Crippen molar-refractivity contribution in [3.63, 3.8) is 0 Å². The van der Waals surface area contributed by atoms with Gasteiger partial charge in [-0.2, -0.15) is 0 Å². The molecule has 1 aromatic carbocycles. The zero-order valence-electron chi connectivity index (χ0n) is 7.43. The summed E-state index contributed by atoms with van der Waals surface area (Å²) in [5.74, 6) is 0. The topological polar surface area (TPSA) is 9.23 Å². The molecule has 1 nitrogen and oxygen atoms in total. The molecule has 2 aromatic rings. The molecule has 0 unspecified atom stereocenters. The predicted molar refractivity (Wildman–Crippen MR) is 60.8 cm³/mol. The lowest BCUT2D eigenvalue weighted by atomic mass is 10.1. The molecule has 0 radical (unpaired) electrons. The molecule has 0 bridgehead atoms. The first-order valence-corrected chi connectivity index (χ1v) is 5.56. The number of hydrogen-bond acceptors (Lipinski definition) is 2. The zero-order chi connectivity index (χ0) is 9.42. The number of rotatable bonds is 1. The van der Waals surface area contributed by atoms with Crippen molar-refractivity contribution >= 4 is 37.4 Å². The fourth-order valence-electron chi connectivity index (χ4n) is 1.30. The van der Waals surface area contributed by atoms with Crippen LogP contribution in [0.5, 0.6) is 5.06 Å². The summed E-state index contributed by atoms with van der Waals surface area (Å²) in [5.41, 5.74) is 1.28. The summed E-state index contributed by atoms with van der Waals surface area (Å²) >= 11 is 5.19. The second-order valence-electron chi connectivity index (χ2n) is 2.85. The van der Waals surface area contributed by atoms with Crippen LogP contribution in [0.1, 0.15) is 5.56 Å². The highest BCUT2D eigenvalue weighted by Gasteiger charge is 2.05. The van der Waals surface area contributed by atoms with Gasteiger partial charge in [0, 0.05) is 14.6 Å². The lowest BCUT2D eigenvalue weighted by molar-refractivity contribution is 0.427. The van der Waals surface area contributed by atoms with Crippen LogP contribution >= 0.6 is 27.3 Å². The standard InChI is InChI=1S/C10H9BrOS/c1-6-7-5-10(12-2)13-9(7)4-3-8(6)11/h3-5H,1-2H3. The largest absolute Gasteiger partial charge is 0.487 e. The Bertz CT molecular complexity index is 447. The van der Waals surface area contributed by atoms with E-state index in [1.165, 1.54) is 15.6 Å². The Morgan fingerprint density at radius 1 is 1.38 bits per heavy atom. The maximum absolute atomic E-state index is 5.20. The average molecular weight is 257 g/mol. The van der Waals surface area contributed by atoms with Crippen molar-refractivity contribution < 1.29 is 4.74 Å². The summed E-state index contributed by atoms with van der Waals surface area (Å²) in [6.07, 6.45) is 0. The number of methoxy groups -OCH3 is 1. The first-order valence-electron chi connectivity index (χ1n) is 3.95. The molecule has 1 aromatic heterocycles. The monoisotopic (exact) mass is 256 g/mol. The summed E-state index contributed by atoms with van der Waals surface area (Å²) in [6, 6.07) is 6.27. The molecule has 0 aliphatic carbocycles. The number of benzene rings is 1. The lowest BCUT2D eigenvalue weighted by Crippen LogP contribution is -1.75. The van der Waals surface area contributed by atoms with Gasteiger partial charge in [-0.25, -0.2) is 0 Å². The molecular weight excluding hydrogens is 248 g/mol. The molecule has 0 aliphatic rings. The van der Waals surface area contributed by atoms with Crippen molar-refractivity contribution in [2.75, 3.05) is 7.11 Å². The van der Waals surface area contributed by atoms with E-state index in [9.17, 15) is 0 Å².